The maximum Gasteiger partial charge on any atom is 0.307 e. The zero-order valence-corrected chi connectivity index (χ0v) is 19.5. The van der Waals surface area contributed by atoms with Crippen LogP contribution in [0.15, 0.2) is 72.8 Å². The summed E-state index contributed by atoms with van der Waals surface area (Å²) in [5.41, 5.74) is 3.16. The van der Waals surface area contributed by atoms with Crippen molar-refractivity contribution in [1.29, 1.82) is 0 Å². The number of anilines is 1. The van der Waals surface area contributed by atoms with Gasteiger partial charge in [-0.1, -0.05) is 60.7 Å². The Morgan fingerprint density at radius 2 is 1.59 bits per heavy atom. The summed E-state index contributed by atoms with van der Waals surface area (Å²) in [7, 11) is -3.59. The largest absolute Gasteiger partial charge is 0.506 e. The molecule has 3 rings (SSSR count). The number of aliphatic carboxylic acids is 1. The molecule has 0 saturated heterocycles. The molecule has 2 atom stereocenters. The van der Waals surface area contributed by atoms with Gasteiger partial charge in [0, 0.05) is 12.6 Å². The van der Waals surface area contributed by atoms with Gasteiger partial charge in [-0.25, -0.2) is 8.42 Å². The lowest BCUT2D eigenvalue weighted by Crippen LogP contribution is -2.28. The SMILES string of the molecule is CS(=O)(=O)Nc1cc([C@@H](O)CN[C@H](Cc2ccccc2)c2ccc(CC(=O)O)cc2)ccc1O. The van der Waals surface area contributed by atoms with Gasteiger partial charge in [-0.3, -0.25) is 9.52 Å². The summed E-state index contributed by atoms with van der Waals surface area (Å²) in [5.74, 6) is -1.13. The average Bonchev–Trinajstić information content (AvgIpc) is 2.78. The molecule has 3 aromatic carbocycles. The minimum atomic E-state index is -3.59. The number of phenolic OH excluding ortho intramolecular Hbond substituents is 1. The molecule has 0 saturated carbocycles. The number of carboxylic acid groups (broad SMARTS) is 1. The Hall–Kier alpha value is -3.40. The van der Waals surface area contributed by atoms with Crippen LogP contribution in [0.4, 0.5) is 5.69 Å². The van der Waals surface area contributed by atoms with Crippen molar-refractivity contribution < 1.29 is 28.5 Å². The van der Waals surface area contributed by atoms with Crippen molar-refractivity contribution in [3.63, 3.8) is 0 Å². The van der Waals surface area contributed by atoms with Gasteiger partial charge in [0.25, 0.3) is 0 Å². The van der Waals surface area contributed by atoms with Crippen LogP contribution in [0.25, 0.3) is 0 Å². The maximum atomic E-state index is 11.5. The fourth-order valence-electron chi connectivity index (χ4n) is 3.61. The van der Waals surface area contributed by atoms with Crippen molar-refractivity contribution in [3.8, 4) is 5.75 Å². The third kappa shape index (κ3) is 7.58. The highest BCUT2D eigenvalue weighted by Crippen LogP contribution is 2.28. The zero-order valence-electron chi connectivity index (χ0n) is 18.7. The molecule has 5 N–H and O–H groups in total. The van der Waals surface area contributed by atoms with E-state index >= 15 is 0 Å². The van der Waals surface area contributed by atoms with E-state index in [1.807, 2.05) is 42.5 Å². The van der Waals surface area contributed by atoms with E-state index in [4.69, 9.17) is 5.11 Å². The van der Waals surface area contributed by atoms with E-state index in [1.54, 1.807) is 12.1 Å². The van der Waals surface area contributed by atoms with Gasteiger partial charge in [0.1, 0.15) is 5.75 Å². The molecule has 0 heterocycles. The van der Waals surface area contributed by atoms with Gasteiger partial charge in [0.2, 0.25) is 10.0 Å². The van der Waals surface area contributed by atoms with Crippen molar-refractivity contribution in [2.24, 2.45) is 0 Å². The van der Waals surface area contributed by atoms with Gasteiger partial charge in [-0.2, -0.15) is 0 Å². The van der Waals surface area contributed by atoms with E-state index in [-0.39, 0.29) is 30.4 Å². The molecular weight excluding hydrogens is 456 g/mol. The minimum Gasteiger partial charge on any atom is -0.506 e. The number of hydrogen-bond acceptors (Lipinski definition) is 6. The second-order valence-electron chi connectivity index (χ2n) is 8.13. The molecule has 9 heteroatoms. The molecule has 0 radical (unpaired) electrons. The second-order valence-corrected chi connectivity index (χ2v) is 9.88. The summed E-state index contributed by atoms with van der Waals surface area (Å²) in [6.07, 6.45) is 0.598. The number of aliphatic hydroxyl groups is 1. The first-order valence-corrected chi connectivity index (χ1v) is 12.6. The molecule has 34 heavy (non-hydrogen) atoms. The molecule has 0 aliphatic carbocycles. The summed E-state index contributed by atoms with van der Waals surface area (Å²) in [6, 6.07) is 21.2. The summed E-state index contributed by atoms with van der Waals surface area (Å²) in [6.45, 7) is 0.164. The van der Waals surface area contributed by atoms with Crippen LogP contribution >= 0.6 is 0 Å². The number of carbonyl (C=O) groups is 1. The van der Waals surface area contributed by atoms with Gasteiger partial charge in [-0.05, 0) is 40.8 Å². The van der Waals surface area contributed by atoms with E-state index in [2.05, 4.69) is 10.0 Å². The highest BCUT2D eigenvalue weighted by atomic mass is 32.2. The summed E-state index contributed by atoms with van der Waals surface area (Å²) >= 11 is 0. The normalized spacial score (nSPS) is 13.2. The first-order valence-electron chi connectivity index (χ1n) is 10.7. The Morgan fingerprint density at radius 1 is 0.941 bits per heavy atom. The van der Waals surface area contributed by atoms with Gasteiger partial charge in [0.05, 0.1) is 24.5 Å². The Morgan fingerprint density at radius 3 is 2.21 bits per heavy atom. The van der Waals surface area contributed by atoms with Crippen LogP contribution in [-0.2, 0) is 27.7 Å². The number of phenols is 1. The molecular formula is C25H28N2O6S. The van der Waals surface area contributed by atoms with Crippen molar-refractivity contribution in [2.75, 3.05) is 17.5 Å². The Balaban J connectivity index is 1.77. The molecule has 0 aliphatic heterocycles. The van der Waals surface area contributed by atoms with Crippen LogP contribution in [0.2, 0.25) is 0 Å². The maximum absolute atomic E-state index is 11.5. The summed E-state index contributed by atoms with van der Waals surface area (Å²) in [4.78, 5) is 11.0. The Bertz CT molecular complexity index is 1210. The number of carboxylic acids is 1. The van der Waals surface area contributed by atoms with Gasteiger partial charge in [-0.15, -0.1) is 0 Å². The lowest BCUT2D eigenvalue weighted by molar-refractivity contribution is -0.136. The Kier molecular flexibility index (Phi) is 8.27. The van der Waals surface area contributed by atoms with Crippen molar-refractivity contribution in [1.82, 2.24) is 5.32 Å². The van der Waals surface area contributed by atoms with Crippen LogP contribution in [-0.4, -0.2) is 42.5 Å². The molecule has 0 aromatic heterocycles. The van der Waals surface area contributed by atoms with E-state index in [0.717, 1.165) is 17.4 Å². The van der Waals surface area contributed by atoms with Crippen LogP contribution < -0.4 is 10.0 Å². The quantitative estimate of drug-likeness (QED) is 0.264. The van der Waals surface area contributed by atoms with Crippen molar-refractivity contribution in [3.05, 3.63) is 95.1 Å². The highest BCUT2D eigenvalue weighted by Gasteiger charge is 2.17. The summed E-state index contributed by atoms with van der Waals surface area (Å²) < 4.78 is 25.3. The molecule has 0 unspecified atom stereocenters. The summed E-state index contributed by atoms with van der Waals surface area (Å²) in [5, 5.41) is 33.0. The van der Waals surface area contributed by atoms with E-state index in [0.29, 0.717) is 17.5 Å². The fourth-order valence-corrected chi connectivity index (χ4v) is 4.18. The Labute approximate surface area is 199 Å². The predicted molar refractivity (Wildman–Crippen MR) is 130 cm³/mol. The van der Waals surface area contributed by atoms with Crippen LogP contribution in [0.1, 0.15) is 34.4 Å². The van der Waals surface area contributed by atoms with Crippen LogP contribution in [0.5, 0.6) is 5.75 Å². The average molecular weight is 485 g/mol. The number of rotatable bonds is 11. The lowest BCUT2D eigenvalue weighted by atomic mass is 9.97. The third-order valence-electron chi connectivity index (χ3n) is 5.28. The van der Waals surface area contributed by atoms with Gasteiger partial charge >= 0.3 is 5.97 Å². The number of aliphatic hydroxyl groups excluding tert-OH is 1. The number of benzene rings is 3. The lowest BCUT2D eigenvalue weighted by Gasteiger charge is -2.22. The third-order valence-corrected chi connectivity index (χ3v) is 5.87. The first-order chi connectivity index (χ1) is 16.1. The van der Waals surface area contributed by atoms with Crippen molar-refractivity contribution in [2.45, 2.75) is 25.0 Å². The molecule has 0 bridgehead atoms. The number of nitrogens with one attached hydrogen (secondary N) is 2. The second kappa shape index (κ2) is 11.1. The molecule has 8 nitrogen and oxygen atoms in total. The van der Waals surface area contributed by atoms with Crippen LogP contribution in [0, 0.1) is 0 Å². The standard InChI is InChI=1S/C25H28N2O6S/c1-34(32,33)27-22-15-20(11-12-23(22)28)24(29)16-26-21(13-17-5-3-2-4-6-17)19-9-7-18(8-10-19)14-25(30)31/h2-12,15,21,24,26-29H,13-14,16H2,1H3,(H,30,31)/t21-,24+/m1/s1. The molecule has 180 valence electrons. The van der Waals surface area contributed by atoms with Crippen molar-refractivity contribution >= 4 is 21.7 Å². The predicted octanol–water partition coefficient (Wildman–Crippen LogP) is 3.00. The fraction of sp³-hybridized carbons (Fsp3) is 0.240. The molecule has 3 aromatic rings. The van der Waals surface area contributed by atoms with Crippen LogP contribution in [0.3, 0.4) is 0 Å². The zero-order chi connectivity index (χ0) is 24.7. The molecule has 0 aliphatic rings. The monoisotopic (exact) mass is 484 g/mol. The first kappa shape index (κ1) is 25.2. The van der Waals surface area contributed by atoms with E-state index in [1.165, 1.54) is 18.2 Å². The minimum absolute atomic E-state index is 0.00564. The van der Waals surface area contributed by atoms with E-state index in [9.17, 15) is 23.4 Å². The molecule has 0 amide bonds. The highest BCUT2D eigenvalue weighted by molar-refractivity contribution is 7.92. The van der Waals surface area contributed by atoms with Gasteiger partial charge in [0.15, 0.2) is 0 Å². The molecule has 0 fully saturated rings. The topological polar surface area (TPSA) is 136 Å². The smallest absolute Gasteiger partial charge is 0.307 e. The van der Waals surface area contributed by atoms with E-state index < -0.39 is 22.1 Å². The number of sulfonamides is 1. The molecule has 0 spiro atoms. The number of aromatic hydroxyl groups is 1. The van der Waals surface area contributed by atoms with Gasteiger partial charge < -0.3 is 20.6 Å². The number of hydrogen-bond donors (Lipinski definition) is 5.